The van der Waals surface area contributed by atoms with E-state index in [4.69, 9.17) is 0 Å². The Morgan fingerprint density at radius 3 is 2.52 bits per heavy atom. The number of hydrogen-bond acceptors (Lipinski definition) is 5. The molecule has 0 saturated carbocycles. The summed E-state index contributed by atoms with van der Waals surface area (Å²) in [6.45, 7) is 3.64. The number of carboxylic acid groups (broad SMARTS) is 1. The van der Waals surface area contributed by atoms with E-state index in [0.717, 1.165) is 11.3 Å². The summed E-state index contributed by atoms with van der Waals surface area (Å²) in [5, 5.41) is 26.5. The molecule has 0 aliphatic heterocycles. The number of aryl methyl sites for hydroxylation is 1. The van der Waals surface area contributed by atoms with Crippen LogP contribution in [0.3, 0.4) is 0 Å². The van der Waals surface area contributed by atoms with Crippen molar-refractivity contribution < 1.29 is 14.8 Å². The number of benzene rings is 2. The van der Waals surface area contributed by atoms with Crippen molar-refractivity contribution in [1.29, 1.82) is 0 Å². The van der Waals surface area contributed by atoms with E-state index in [2.05, 4.69) is 5.10 Å². The lowest BCUT2D eigenvalue weighted by Crippen LogP contribution is -2.22. The number of nitro groups is 1. The molecular weight excluding hydrogens is 322 g/mol. The van der Waals surface area contributed by atoms with E-state index in [0.29, 0.717) is 16.9 Å². The average molecular weight is 336 g/mol. The molecule has 0 radical (unpaired) electrons. The van der Waals surface area contributed by atoms with E-state index in [9.17, 15) is 20.0 Å². The molecular formula is C18H14N3O4-. The summed E-state index contributed by atoms with van der Waals surface area (Å²) in [5.41, 5.74) is 3.56. The predicted octanol–water partition coefficient (Wildman–Crippen LogP) is 2.43. The van der Waals surface area contributed by atoms with Gasteiger partial charge >= 0.3 is 0 Å². The molecule has 3 aromatic rings. The predicted molar refractivity (Wildman–Crippen MR) is 89.5 cm³/mol. The molecule has 0 atom stereocenters. The van der Waals surface area contributed by atoms with Crippen LogP contribution in [0.2, 0.25) is 0 Å². The quantitative estimate of drug-likeness (QED) is 0.538. The van der Waals surface area contributed by atoms with Crippen LogP contribution in [-0.2, 0) is 0 Å². The molecule has 126 valence electrons. The molecule has 0 N–H and O–H groups in total. The van der Waals surface area contributed by atoms with Crippen LogP contribution < -0.4 is 5.11 Å². The first-order valence-electron chi connectivity index (χ1n) is 7.51. The number of nitro benzene ring substituents is 1. The Hall–Kier alpha value is -3.48. The smallest absolute Gasteiger partial charge is 0.270 e. The van der Waals surface area contributed by atoms with E-state index >= 15 is 0 Å². The summed E-state index contributed by atoms with van der Waals surface area (Å²) in [4.78, 5) is 21.6. The minimum atomic E-state index is -1.26. The largest absolute Gasteiger partial charge is 0.545 e. The fourth-order valence-corrected chi connectivity index (χ4v) is 2.85. The minimum absolute atomic E-state index is 0.00278. The lowest BCUT2D eigenvalue weighted by atomic mass is 10.0. The number of nitrogens with zero attached hydrogens (tertiary/aromatic N) is 3. The van der Waals surface area contributed by atoms with Crippen molar-refractivity contribution in [1.82, 2.24) is 9.78 Å². The molecule has 0 fully saturated rings. The number of carbonyl (C=O) groups is 1. The van der Waals surface area contributed by atoms with E-state index < -0.39 is 10.9 Å². The standard InChI is InChI=1S/C18H15N3O4/c1-11-17(13-5-3-8-16(9-13)21(24)25)12(2)20(19-11)15-7-4-6-14(10-15)18(22)23/h3-10H,1-2H3,(H,22,23)/p-1. The highest BCUT2D eigenvalue weighted by molar-refractivity contribution is 5.86. The zero-order valence-electron chi connectivity index (χ0n) is 13.6. The fraction of sp³-hybridized carbons (Fsp3) is 0.111. The van der Waals surface area contributed by atoms with Crippen molar-refractivity contribution in [3.8, 4) is 16.8 Å². The highest BCUT2D eigenvalue weighted by atomic mass is 16.6. The normalized spacial score (nSPS) is 10.6. The number of carbonyl (C=O) groups excluding carboxylic acids is 1. The SMILES string of the molecule is Cc1nn(-c2cccc(C(=O)[O-])c2)c(C)c1-c1cccc([N+](=O)[O-])c1. The Morgan fingerprint density at radius 1 is 1.12 bits per heavy atom. The summed E-state index contributed by atoms with van der Waals surface area (Å²) >= 11 is 0. The Labute approximate surface area is 143 Å². The van der Waals surface area contributed by atoms with E-state index in [1.54, 1.807) is 35.9 Å². The van der Waals surface area contributed by atoms with Crippen LogP contribution in [0.4, 0.5) is 5.69 Å². The molecule has 0 aliphatic rings. The van der Waals surface area contributed by atoms with Crippen molar-refractivity contribution in [3.05, 3.63) is 75.6 Å². The third-order valence-corrected chi connectivity index (χ3v) is 3.96. The van der Waals surface area contributed by atoms with Gasteiger partial charge < -0.3 is 9.90 Å². The fourth-order valence-electron chi connectivity index (χ4n) is 2.85. The highest BCUT2D eigenvalue weighted by Crippen LogP contribution is 2.30. The number of carboxylic acids is 1. The zero-order chi connectivity index (χ0) is 18.1. The van der Waals surface area contributed by atoms with Crippen molar-refractivity contribution in [2.75, 3.05) is 0 Å². The van der Waals surface area contributed by atoms with Gasteiger partial charge in [-0.15, -0.1) is 0 Å². The third-order valence-electron chi connectivity index (χ3n) is 3.96. The number of aromatic nitrogens is 2. The second-order valence-electron chi connectivity index (χ2n) is 5.60. The Bertz CT molecular complexity index is 992. The van der Waals surface area contributed by atoms with E-state index in [-0.39, 0.29) is 11.3 Å². The molecule has 0 saturated heterocycles. The van der Waals surface area contributed by atoms with Gasteiger partial charge in [-0.25, -0.2) is 4.68 Å². The van der Waals surface area contributed by atoms with Gasteiger partial charge in [0.1, 0.15) is 0 Å². The van der Waals surface area contributed by atoms with Crippen LogP contribution in [0, 0.1) is 24.0 Å². The van der Waals surface area contributed by atoms with Crippen molar-refractivity contribution in [2.24, 2.45) is 0 Å². The van der Waals surface area contributed by atoms with Gasteiger partial charge in [-0.1, -0.05) is 24.3 Å². The van der Waals surface area contributed by atoms with Crippen molar-refractivity contribution >= 4 is 11.7 Å². The lowest BCUT2D eigenvalue weighted by molar-refractivity contribution is -0.384. The van der Waals surface area contributed by atoms with Gasteiger partial charge in [0, 0.05) is 23.4 Å². The van der Waals surface area contributed by atoms with Crippen LogP contribution in [0.15, 0.2) is 48.5 Å². The molecule has 0 amide bonds. The zero-order valence-corrected chi connectivity index (χ0v) is 13.6. The Kier molecular flexibility index (Phi) is 4.06. The van der Waals surface area contributed by atoms with Crippen molar-refractivity contribution in [3.63, 3.8) is 0 Å². The molecule has 0 spiro atoms. The highest BCUT2D eigenvalue weighted by Gasteiger charge is 2.17. The van der Waals surface area contributed by atoms with Crippen molar-refractivity contribution in [2.45, 2.75) is 13.8 Å². The second-order valence-corrected chi connectivity index (χ2v) is 5.60. The van der Waals surface area contributed by atoms with Crippen LogP contribution in [-0.4, -0.2) is 20.7 Å². The average Bonchev–Trinajstić information content (AvgIpc) is 2.89. The Morgan fingerprint density at radius 2 is 1.84 bits per heavy atom. The molecule has 1 aromatic heterocycles. The molecule has 0 aliphatic carbocycles. The maximum absolute atomic E-state index is 11.1. The minimum Gasteiger partial charge on any atom is -0.545 e. The number of aromatic carboxylic acids is 1. The Balaban J connectivity index is 2.14. The first kappa shape index (κ1) is 16.4. The summed E-state index contributed by atoms with van der Waals surface area (Å²) in [6, 6.07) is 12.6. The van der Waals surface area contributed by atoms with Crippen LogP contribution in [0.25, 0.3) is 16.8 Å². The molecule has 25 heavy (non-hydrogen) atoms. The van der Waals surface area contributed by atoms with E-state index in [1.165, 1.54) is 24.3 Å². The first-order chi connectivity index (χ1) is 11.9. The molecule has 2 aromatic carbocycles. The molecule has 0 unspecified atom stereocenters. The summed E-state index contributed by atoms with van der Waals surface area (Å²) in [5.74, 6) is -1.26. The van der Waals surface area contributed by atoms with Gasteiger partial charge in [0.05, 0.1) is 22.3 Å². The van der Waals surface area contributed by atoms with Gasteiger partial charge in [-0.3, -0.25) is 10.1 Å². The number of non-ortho nitro benzene ring substituents is 1. The monoisotopic (exact) mass is 336 g/mol. The molecule has 7 heteroatoms. The topological polar surface area (TPSA) is 101 Å². The van der Waals surface area contributed by atoms with Gasteiger partial charge in [0.2, 0.25) is 0 Å². The molecule has 1 heterocycles. The lowest BCUT2D eigenvalue weighted by Gasteiger charge is -2.08. The number of hydrogen-bond donors (Lipinski definition) is 0. The van der Waals surface area contributed by atoms with Gasteiger partial charge in [0.15, 0.2) is 0 Å². The van der Waals surface area contributed by atoms with E-state index in [1.807, 2.05) is 6.92 Å². The van der Waals surface area contributed by atoms with Gasteiger partial charge in [-0.05, 0) is 37.1 Å². The summed E-state index contributed by atoms with van der Waals surface area (Å²) in [7, 11) is 0. The maximum Gasteiger partial charge on any atom is 0.270 e. The first-order valence-corrected chi connectivity index (χ1v) is 7.51. The number of rotatable bonds is 4. The molecule has 0 bridgehead atoms. The van der Waals surface area contributed by atoms with Gasteiger partial charge in [0.25, 0.3) is 5.69 Å². The third kappa shape index (κ3) is 2.99. The summed E-state index contributed by atoms with van der Waals surface area (Å²) < 4.78 is 1.62. The molecule has 3 rings (SSSR count). The second kappa shape index (κ2) is 6.20. The van der Waals surface area contributed by atoms with Crippen LogP contribution in [0.5, 0.6) is 0 Å². The molecule has 7 nitrogen and oxygen atoms in total. The van der Waals surface area contributed by atoms with Crippen LogP contribution >= 0.6 is 0 Å². The van der Waals surface area contributed by atoms with Crippen LogP contribution in [0.1, 0.15) is 21.7 Å². The summed E-state index contributed by atoms with van der Waals surface area (Å²) in [6.07, 6.45) is 0. The maximum atomic E-state index is 11.1. The van der Waals surface area contributed by atoms with Gasteiger partial charge in [-0.2, -0.15) is 5.10 Å².